The van der Waals surface area contributed by atoms with E-state index in [-0.39, 0.29) is 12.1 Å². The van der Waals surface area contributed by atoms with E-state index in [4.69, 9.17) is 4.74 Å². The molecule has 1 aliphatic rings. The predicted octanol–water partition coefficient (Wildman–Crippen LogP) is 2.02. The van der Waals surface area contributed by atoms with Gasteiger partial charge in [0.25, 0.3) is 0 Å². The maximum absolute atomic E-state index is 11.2. The van der Waals surface area contributed by atoms with Crippen molar-refractivity contribution in [2.45, 2.75) is 38.8 Å². The zero-order valence-corrected chi connectivity index (χ0v) is 10.2. The summed E-state index contributed by atoms with van der Waals surface area (Å²) < 4.78 is 7.48. The minimum Gasteiger partial charge on any atom is -0.481 e. The largest absolute Gasteiger partial charge is 0.481 e. The van der Waals surface area contributed by atoms with Crippen LogP contribution in [0.4, 0.5) is 0 Å². The first-order valence-corrected chi connectivity index (χ1v) is 5.99. The maximum atomic E-state index is 11.2. The van der Waals surface area contributed by atoms with Crippen LogP contribution in [0.5, 0.6) is 0 Å². The summed E-state index contributed by atoms with van der Waals surface area (Å²) >= 11 is 0. The lowest BCUT2D eigenvalue weighted by Crippen LogP contribution is -2.30. The highest BCUT2D eigenvalue weighted by Crippen LogP contribution is 2.34. The van der Waals surface area contributed by atoms with Gasteiger partial charge in [-0.3, -0.25) is 9.48 Å². The van der Waals surface area contributed by atoms with Gasteiger partial charge >= 0.3 is 5.97 Å². The predicted molar refractivity (Wildman–Crippen MR) is 61.7 cm³/mol. The number of hydrogen-bond acceptors (Lipinski definition) is 3. The number of nitrogens with zero attached hydrogens (tertiary/aromatic N) is 2. The van der Waals surface area contributed by atoms with Crippen LogP contribution in [0.25, 0.3) is 0 Å². The van der Waals surface area contributed by atoms with Crippen molar-refractivity contribution in [3.8, 4) is 0 Å². The Labute approximate surface area is 100 Å². The van der Waals surface area contributed by atoms with Crippen molar-refractivity contribution in [3.63, 3.8) is 0 Å². The summed E-state index contributed by atoms with van der Waals surface area (Å²) in [5.74, 6) is -1.25. The molecule has 1 aliphatic heterocycles. The van der Waals surface area contributed by atoms with Gasteiger partial charge < -0.3 is 9.84 Å². The fourth-order valence-electron chi connectivity index (χ4n) is 2.31. The molecule has 17 heavy (non-hydrogen) atoms. The van der Waals surface area contributed by atoms with Gasteiger partial charge in [-0.2, -0.15) is 5.10 Å². The molecule has 1 N–H and O–H groups in total. The summed E-state index contributed by atoms with van der Waals surface area (Å²) in [7, 11) is 0. The Kier molecular flexibility index (Phi) is 3.47. The van der Waals surface area contributed by atoms with E-state index in [1.165, 1.54) is 0 Å². The molecule has 0 saturated carbocycles. The summed E-state index contributed by atoms with van der Waals surface area (Å²) in [6.07, 6.45) is 2.81. The first-order valence-electron chi connectivity index (χ1n) is 5.99. The van der Waals surface area contributed by atoms with E-state index >= 15 is 0 Å². The molecule has 0 spiro atoms. The van der Waals surface area contributed by atoms with Crippen LogP contribution >= 0.6 is 0 Å². The monoisotopic (exact) mass is 238 g/mol. The fourth-order valence-corrected chi connectivity index (χ4v) is 2.31. The van der Waals surface area contributed by atoms with Gasteiger partial charge in [0.2, 0.25) is 0 Å². The number of aliphatic carboxylic acids is 1. The molecule has 0 aromatic carbocycles. The number of ether oxygens (including phenoxy) is 1. The number of aromatic nitrogens is 2. The third-order valence-electron chi connectivity index (χ3n) is 3.12. The van der Waals surface area contributed by atoms with Crippen molar-refractivity contribution >= 4 is 5.97 Å². The van der Waals surface area contributed by atoms with Gasteiger partial charge in [-0.25, -0.2) is 0 Å². The average molecular weight is 238 g/mol. The van der Waals surface area contributed by atoms with Crippen molar-refractivity contribution in [3.05, 3.63) is 18.0 Å². The molecule has 0 bridgehead atoms. The lowest BCUT2D eigenvalue weighted by Gasteiger charge is -2.29. The molecule has 5 nitrogen and oxygen atoms in total. The highest BCUT2D eigenvalue weighted by Gasteiger charge is 2.35. The van der Waals surface area contributed by atoms with Crippen LogP contribution in [0.3, 0.4) is 0 Å². The molecular weight excluding hydrogens is 220 g/mol. The number of hydrogen-bond donors (Lipinski definition) is 1. The lowest BCUT2D eigenvalue weighted by molar-refractivity contribution is -0.152. The van der Waals surface area contributed by atoms with Gasteiger partial charge in [0.1, 0.15) is 6.10 Å². The van der Waals surface area contributed by atoms with Gasteiger partial charge in [0, 0.05) is 18.8 Å². The Morgan fingerprint density at radius 1 is 1.65 bits per heavy atom. The topological polar surface area (TPSA) is 64.4 Å². The Balaban J connectivity index is 2.29. The Hall–Kier alpha value is -1.36. The molecule has 2 atom stereocenters. The SMILES string of the molecule is CC(C)n1nccc1[C@@H]1OCCC[C@@H]1C(=O)O. The molecule has 0 radical (unpaired) electrons. The average Bonchev–Trinajstić information content (AvgIpc) is 2.77. The highest BCUT2D eigenvalue weighted by atomic mass is 16.5. The Bertz CT molecular complexity index is 400. The van der Waals surface area contributed by atoms with Crippen molar-refractivity contribution in [2.24, 2.45) is 5.92 Å². The quantitative estimate of drug-likeness (QED) is 0.875. The molecule has 0 amide bonds. The standard InChI is InChI=1S/C12H18N2O3/c1-8(2)14-10(5-6-13-14)11-9(12(15)16)4-3-7-17-11/h5-6,8-9,11H,3-4,7H2,1-2H3,(H,15,16)/t9-,11+/m0/s1. The van der Waals surface area contributed by atoms with Crippen LogP contribution in [-0.2, 0) is 9.53 Å². The number of rotatable bonds is 3. The Morgan fingerprint density at radius 3 is 3.06 bits per heavy atom. The van der Waals surface area contributed by atoms with Crippen LogP contribution < -0.4 is 0 Å². The van der Waals surface area contributed by atoms with E-state index < -0.39 is 11.9 Å². The van der Waals surface area contributed by atoms with E-state index in [1.807, 2.05) is 24.6 Å². The van der Waals surface area contributed by atoms with Gasteiger partial charge in [0.05, 0.1) is 11.6 Å². The zero-order valence-electron chi connectivity index (χ0n) is 10.2. The third kappa shape index (κ3) is 2.34. The molecule has 2 heterocycles. The molecule has 1 saturated heterocycles. The van der Waals surface area contributed by atoms with Crippen molar-refractivity contribution in [1.29, 1.82) is 0 Å². The highest BCUT2D eigenvalue weighted by molar-refractivity contribution is 5.71. The van der Waals surface area contributed by atoms with Crippen molar-refractivity contribution < 1.29 is 14.6 Å². The van der Waals surface area contributed by atoms with Crippen molar-refractivity contribution in [2.75, 3.05) is 6.61 Å². The zero-order chi connectivity index (χ0) is 12.4. The molecule has 0 aliphatic carbocycles. The minimum absolute atomic E-state index is 0.208. The van der Waals surface area contributed by atoms with Gasteiger partial charge in [-0.1, -0.05) is 0 Å². The fraction of sp³-hybridized carbons (Fsp3) is 0.667. The lowest BCUT2D eigenvalue weighted by atomic mass is 9.92. The van der Waals surface area contributed by atoms with Crippen LogP contribution in [0, 0.1) is 5.92 Å². The Morgan fingerprint density at radius 2 is 2.41 bits per heavy atom. The minimum atomic E-state index is -0.786. The molecule has 5 heteroatoms. The van der Waals surface area contributed by atoms with E-state index in [9.17, 15) is 9.90 Å². The van der Waals surface area contributed by atoms with Crippen LogP contribution in [-0.4, -0.2) is 27.5 Å². The summed E-state index contributed by atoms with van der Waals surface area (Å²) in [5.41, 5.74) is 0.868. The molecular formula is C12H18N2O3. The normalized spacial score (nSPS) is 25.1. The van der Waals surface area contributed by atoms with Gasteiger partial charge in [-0.15, -0.1) is 0 Å². The number of carboxylic acids is 1. The third-order valence-corrected chi connectivity index (χ3v) is 3.12. The molecule has 2 rings (SSSR count). The summed E-state index contributed by atoms with van der Waals surface area (Å²) in [6.45, 7) is 4.67. The first-order chi connectivity index (χ1) is 8.11. The summed E-state index contributed by atoms with van der Waals surface area (Å²) in [6, 6.07) is 2.06. The molecule has 1 fully saturated rings. The second kappa shape index (κ2) is 4.87. The molecule has 0 unspecified atom stereocenters. The molecule has 94 valence electrons. The van der Waals surface area contributed by atoms with Gasteiger partial charge in [0.15, 0.2) is 0 Å². The molecule has 1 aromatic heterocycles. The van der Waals surface area contributed by atoms with Crippen molar-refractivity contribution in [1.82, 2.24) is 9.78 Å². The van der Waals surface area contributed by atoms with E-state index in [2.05, 4.69) is 5.10 Å². The smallest absolute Gasteiger partial charge is 0.309 e. The number of carbonyl (C=O) groups is 1. The van der Waals surface area contributed by atoms with E-state index in [1.54, 1.807) is 6.20 Å². The maximum Gasteiger partial charge on any atom is 0.309 e. The number of carboxylic acid groups (broad SMARTS) is 1. The molecule has 1 aromatic rings. The first kappa shape index (κ1) is 12.1. The second-order valence-electron chi connectivity index (χ2n) is 4.67. The van der Waals surface area contributed by atoms with Crippen LogP contribution in [0.1, 0.15) is 44.5 Å². The van der Waals surface area contributed by atoms with Crippen LogP contribution in [0.2, 0.25) is 0 Å². The van der Waals surface area contributed by atoms with E-state index in [0.717, 1.165) is 12.1 Å². The van der Waals surface area contributed by atoms with Gasteiger partial charge in [-0.05, 0) is 32.8 Å². The van der Waals surface area contributed by atoms with E-state index in [0.29, 0.717) is 13.0 Å². The summed E-state index contributed by atoms with van der Waals surface area (Å²) in [5, 5.41) is 13.5. The van der Waals surface area contributed by atoms with Crippen LogP contribution in [0.15, 0.2) is 12.3 Å². The second-order valence-corrected chi connectivity index (χ2v) is 4.67. The summed E-state index contributed by atoms with van der Waals surface area (Å²) in [4.78, 5) is 11.2.